The Labute approximate surface area is 110 Å². The summed E-state index contributed by atoms with van der Waals surface area (Å²) in [7, 11) is 3.08. The molecule has 0 aliphatic heterocycles. The summed E-state index contributed by atoms with van der Waals surface area (Å²) in [6, 6.07) is 5.07. The Morgan fingerprint density at radius 3 is 2.58 bits per heavy atom. The minimum absolute atomic E-state index is 0.0206. The third-order valence-electron chi connectivity index (χ3n) is 2.46. The average molecular weight is 262 g/mol. The van der Waals surface area contributed by atoms with Crippen molar-refractivity contribution in [2.45, 2.75) is 6.92 Å². The van der Waals surface area contributed by atoms with E-state index in [0.717, 1.165) is 0 Å². The lowest BCUT2D eigenvalue weighted by Crippen LogP contribution is -2.12. The lowest BCUT2D eigenvalue weighted by molar-refractivity contribution is 0.0989. The van der Waals surface area contributed by atoms with E-state index in [0.29, 0.717) is 22.9 Å². The van der Waals surface area contributed by atoms with Crippen LogP contribution in [0.1, 0.15) is 16.4 Å². The van der Waals surface area contributed by atoms with Gasteiger partial charge in [0, 0.05) is 11.8 Å². The Bertz CT molecular complexity index is 592. The molecule has 0 spiro atoms. The second-order valence-corrected chi connectivity index (χ2v) is 3.80. The summed E-state index contributed by atoms with van der Waals surface area (Å²) in [6.07, 6.45) is 1.49. The molecule has 1 aromatic heterocycles. The predicted octanol–water partition coefficient (Wildman–Crippen LogP) is 2.25. The molecule has 6 heteroatoms. The predicted molar refractivity (Wildman–Crippen MR) is 68.7 cm³/mol. The first kappa shape index (κ1) is 12.9. The number of hydrogen-bond donors (Lipinski definition) is 1. The van der Waals surface area contributed by atoms with Crippen LogP contribution in [0.25, 0.3) is 0 Å². The monoisotopic (exact) mass is 262 g/mol. The van der Waals surface area contributed by atoms with E-state index >= 15 is 0 Å². The first-order chi connectivity index (χ1) is 9.13. The molecule has 0 aliphatic carbocycles. The van der Waals surface area contributed by atoms with Crippen molar-refractivity contribution in [2.24, 2.45) is 0 Å². The van der Waals surface area contributed by atoms with Gasteiger partial charge >= 0.3 is 5.91 Å². The van der Waals surface area contributed by atoms with Crippen molar-refractivity contribution in [3.63, 3.8) is 0 Å². The molecule has 2 rings (SSSR count). The second kappa shape index (κ2) is 5.43. The number of methoxy groups -OCH3 is 2. The second-order valence-electron chi connectivity index (χ2n) is 3.80. The molecule has 0 aliphatic rings. The van der Waals surface area contributed by atoms with Crippen molar-refractivity contribution in [1.29, 1.82) is 0 Å². The molecule has 0 atom stereocenters. The molecule has 1 amide bonds. The van der Waals surface area contributed by atoms with Crippen LogP contribution >= 0.6 is 0 Å². The van der Waals surface area contributed by atoms with Gasteiger partial charge in [-0.3, -0.25) is 4.79 Å². The van der Waals surface area contributed by atoms with Crippen LogP contribution in [0.2, 0.25) is 0 Å². The van der Waals surface area contributed by atoms with Crippen LogP contribution in [-0.4, -0.2) is 25.1 Å². The lowest BCUT2D eigenvalue weighted by Gasteiger charge is -2.09. The molecule has 100 valence electrons. The molecule has 0 saturated heterocycles. The molecule has 2 aromatic rings. The number of rotatable bonds is 4. The third kappa shape index (κ3) is 2.85. The topological polar surface area (TPSA) is 73.6 Å². The molecule has 1 N–H and O–H groups in total. The Morgan fingerprint density at radius 2 is 2.00 bits per heavy atom. The highest BCUT2D eigenvalue weighted by Gasteiger charge is 2.13. The van der Waals surface area contributed by atoms with E-state index in [1.54, 1.807) is 32.2 Å². The van der Waals surface area contributed by atoms with E-state index in [1.807, 2.05) is 0 Å². The van der Waals surface area contributed by atoms with E-state index < -0.39 is 5.91 Å². The summed E-state index contributed by atoms with van der Waals surface area (Å²) >= 11 is 0. The SMILES string of the molecule is COc1ccc(NC(=O)c2ncc(C)o2)cc1OC. The van der Waals surface area contributed by atoms with Crippen molar-refractivity contribution >= 4 is 11.6 Å². The van der Waals surface area contributed by atoms with Gasteiger partial charge in [0.05, 0.1) is 20.4 Å². The van der Waals surface area contributed by atoms with Gasteiger partial charge < -0.3 is 19.2 Å². The minimum atomic E-state index is -0.416. The van der Waals surface area contributed by atoms with Gasteiger partial charge in [0.2, 0.25) is 0 Å². The molecular formula is C13H14N2O4. The first-order valence-corrected chi connectivity index (χ1v) is 5.60. The molecule has 19 heavy (non-hydrogen) atoms. The van der Waals surface area contributed by atoms with Crippen molar-refractivity contribution < 1.29 is 18.7 Å². The molecular weight excluding hydrogens is 248 g/mol. The molecule has 1 heterocycles. The Morgan fingerprint density at radius 1 is 1.26 bits per heavy atom. The molecule has 0 bridgehead atoms. The number of carbonyl (C=O) groups is 1. The fourth-order valence-corrected chi connectivity index (χ4v) is 1.56. The molecule has 0 radical (unpaired) electrons. The van der Waals surface area contributed by atoms with Crippen LogP contribution in [0.3, 0.4) is 0 Å². The number of oxazole rings is 1. The van der Waals surface area contributed by atoms with Crippen molar-refractivity contribution in [2.75, 3.05) is 19.5 Å². The largest absolute Gasteiger partial charge is 0.493 e. The number of benzene rings is 1. The van der Waals surface area contributed by atoms with E-state index in [1.165, 1.54) is 13.3 Å². The number of anilines is 1. The highest BCUT2D eigenvalue weighted by Crippen LogP contribution is 2.29. The van der Waals surface area contributed by atoms with E-state index in [9.17, 15) is 4.79 Å². The lowest BCUT2D eigenvalue weighted by atomic mass is 10.2. The number of nitrogens with zero attached hydrogens (tertiary/aromatic N) is 1. The van der Waals surface area contributed by atoms with Crippen LogP contribution in [0.4, 0.5) is 5.69 Å². The maximum Gasteiger partial charge on any atom is 0.311 e. The van der Waals surface area contributed by atoms with E-state index in [2.05, 4.69) is 10.3 Å². The van der Waals surface area contributed by atoms with E-state index in [-0.39, 0.29) is 5.89 Å². The summed E-state index contributed by atoms with van der Waals surface area (Å²) in [6.45, 7) is 1.72. The third-order valence-corrected chi connectivity index (χ3v) is 2.46. The number of amides is 1. The first-order valence-electron chi connectivity index (χ1n) is 5.60. The standard InChI is InChI=1S/C13H14N2O4/c1-8-7-14-13(19-8)12(16)15-9-4-5-10(17-2)11(6-9)18-3/h4-7H,1-3H3,(H,15,16). The van der Waals surface area contributed by atoms with Crippen LogP contribution in [0.15, 0.2) is 28.8 Å². The Balaban J connectivity index is 2.17. The molecule has 0 unspecified atom stereocenters. The zero-order valence-electron chi connectivity index (χ0n) is 10.9. The normalized spacial score (nSPS) is 10.1. The maximum atomic E-state index is 11.8. The average Bonchev–Trinajstić information content (AvgIpc) is 2.85. The Kier molecular flexibility index (Phi) is 3.70. The van der Waals surface area contributed by atoms with E-state index in [4.69, 9.17) is 13.9 Å². The maximum absolute atomic E-state index is 11.8. The van der Waals surface area contributed by atoms with Gasteiger partial charge in [-0.1, -0.05) is 0 Å². The fourth-order valence-electron chi connectivity index (χ4n) is 1.56. The van der Waals surface area contributed by atoms with Crippen LogP contribution in [0, 0.1) is 6.92 Å². The number of nitrogens with one attached hydrogen (secondary N) is 1. The summed E-state index contributed by atoms with van der Waals surface area (Å²) in [5, 5.41) is 2.67. The van der Waals surface area contributed by atoms with Gasteiger partial charge in [-0.25, -0.2) is 4.98 Å². The quantitative estimate of drug-likeness (QED) is 0.914. The van der Waals surface area contributed by atoms with Crippen LogP contribution in [0.5, 0.6) is 11.5 Å². The number of hydrogen-bond acceptors (Lipinski definition) is 5. The van der Waals surface area contributed by atoms with Gasteiger partial charge in [-0.2, -0.15) is 0 Å². The van der Waals surface area contributed by atoms with Gasteiger partial charge in [0.15, 0.2) is 11.5 Å². The minimum Gasteiger partial charge on any atom is -0.493 e. The highest BCUT2D eigenvalue weighted by molar-refractivity contribution is 6.01. The van der Waals surface area contributed by atoms with Crippen molar-refractivity contribution in [3.8, 4) is 11.5 Å². The van der Waals surface area contributed by atoms with Gasteiger partial charge in [0.25, 0.3) is 5.89 Å². The van der Waals surface area contributed by atoms with Crippen molar-refractivity contribution in [3.05, 3.63) is 36.0 Å². The molecule has 0 saturated carbocycles. The molecule has 0 fully saturated rings. The highest BCUT2D eigenvalue weighted by atomic mass is 16.5. The fraction of sp³-hybridized carbons (Fsp3) is 0.231. The van der Waals surface area contributed by atoms with Gasteiger partial charge in [0.1, 0.15) is 5.76 Å². The number of ether oxygens (including phenoxy) is 2. The zero-order valence-corrected chi connectivity index (χ0v) is 10.9. The number of carbonyl (C=O) groups excluding carboxylic acids is 1. The van der Waals surface area contributed by atoms with Crippen LogP contribution in [-0.2, 0) is 0 Å². The Hall–Kier alpha value is -2.50. The van der Waals surface area contributed by atoms with Crippen LogP contribution < -0.4 is 14.8 Å². The zero-order chi connectivity index (χ0) is 13.8. The summed E-state index contributed by atoms with van der Waals surface area (Å²) in [4.78, 5) is 15.7. The summed E-state index contributed by atoms with van der Waals surface area (Å²) in [5.41, 5.74) is 0.568. The summed E-state index contributed by atoms with van der Waals surface area (Å²) in [5.74, 6) is 1.31. The summed E-state index contributed by atoms with van der Waals surface area (Å²) < 4.78 is 15.4. The van der Waals surface area contributed by atoms with Gasteiger partial charge in [-0.05, 0) is 19.1 Å². The molecule has 6 nitrogen and oxygen atoms in total. The van der Waals surface area contributed by atoms with Gasteiger partial charge in [-0.15, -0.1) is 0 Å². The molecule has 1 aromatic carbocycles. The number of aromatic nitrogens is 1. The smallest absolute Gasteiger partial charge is 0.311 e. The van der Waals surface area contributed by atoms with Crippen molar-refractivity contribution in [1.82, 2.24) is 4.98 Å². The number of aryl methyl sites for hydroxylation is 1.